The molecule has 2 atom stereocenters. The van der Waals surface area contributed by atoms with Gasteiger partial charge in [0.15, 0.2) is 11.9 Å². The van der Waals surface area contributed by atoms with Gasteiger partial charge in [0.1, 0.15) is 5.82 Å². The van der Waals surface area contributed by atoms with Gasteiger partial charge in [-0.3, -0.25) is 4.79 Å². The Kier molecular flexibility index (Phi) is 8.31. The molecule has 0 saturated heterocycles. The molecule has 7 nitrogen and oxygen atoms in total. The van der Waals surface area contributed by atoms with Crippen molar-refractivity contribution < 1.29 is 14.3 Å². The molecule has 3 aromatic rings. The lowest BCUT2D eigenvalue weighted by molar-refractivity contribution is -0.147. The number of rotatable bonds is 7. The standard InChI is InChI=1S/C23H22Br2ClN3O4/c1-5-12(2)21-28-19-7-6-15(24)10-16(19)22(30)29(21)27-11-14-8-17(25)20(18(26)9-14)33-13(3)23(31)32-4/h6-13H,5H2,1-4H3/t12-,13+/m0/s1. The molecule has 2 aromatic carbocycles. The van der Waals surface area contributed by atoms with Gasteiger partial charge in [-0.2, -0.15) is 9.78 Å². The SMILES string of the molecule is CC[C@H](C)c1nc2ccc(Br)cc2c(=O)n1N=Cc1cc(Cl)c(O[C@H](C)C(=O)OC)c(Br)c1. The number of ether oxygens (including phenoxy) is 2. The van der Waals surface area contributed by atoms with E-state index in [9.17, 15) is 9.59 Å². The summed E-state index contributed by atoms with van der Waals surface area (Å²) in [5.74, 6) is 0.386. The van der Waals surface area contributed by atoms with Gasteiger partial charge in [0, 0.05) is 10.4 Å². The maximum atomic E-state index is 13.2. The van der Waals surface area contributed by atoms with Crippen LogP contribution in [-0.4, -0.2) is 35.1 Å². The highest BCUT2D eigenvalue weighted by molar-refractivity contribution is 9.10. The van der Waals surface area contributed by atoms with Crippen molar-refractivity contribution >= 4 is 66.5 Å². The van der Waals surface area contributed by atoms with E-state index in [0.717, 1.165) is 10.9 Å². The van der Waals surface area contributed by atoms with E-state index < -0.39 is 12.1 Å². The first-order chi connectivity index (χ1) is 15.7. The van der Waals surface area contributed by atoms with Crippen molar-refractivity contribution in [2.75, 3.05) is 7.11 Å². The minimum atomic E-state index is -0.831. The van der Waals surface area contributed by atoms with Crippen LogP contribution in [0.25, 0.3) is 10.9 Å². The maximum Gasteiger partial charge on any atom is 0.346 e. The fourth-order valence-electron chi connectivity index (χ4n) is 3.06. The first-order valence-corrected chi connectivity index (χ1v) is 12.1. The van der Waals surface area contributed by atoms with E-state index in [4.69, 9.17) is 21.3 Å². The third kappa shape index (κ3) is 5.65. The Morgan fingerprint density at radius 1 is 1.27 bits per heavy atom. The molecule has 3 rings (SSSR count). The average Bonchev–Trinajstić information content (AvgIpc) is 2.79. The highest BCUT2D eigenvalue weighted by atomic mass is 79.9. The Hall–Kier alpha value is -2.23. The van der Waals surface area contributed by atoms with Gasteiger partial charge in [-0.25, -0.2) is 9.78 Å². The van der Waals surface area contributed by atoms with Crippen LogP contribution in [0.15, 0.2) is 49.2 Å². The quantitative estimate of drug-likeness (QED) is 0.249. The number of carbonyl (C=O) groups is 1. The van der Waals surface area contributed by atoms with E-state index in [2.05, 4.69) is 41.7 Å². The van der Waals surface area contributed by atoms with Crippen molar-refractivity contribution in [1.29, 1.82) is 0 Å². The molecule has 0 saturated carbocycles. The molecule has 0 radical (unpaired) electrons. The smallest absolute Gasteiger partial charge is 0.346 e. The molecule has 0 aliphatic heterocycles. The number of hydrogen-bond acceptors (Lipinski definition) is 6. The number of esters is 1. The molecular formula is C23H22Br2ClN3O4. The predicted octanol–water partition coefficient (Wildman–Crippen LogP) is 5.91. The summed E-state index contributed by atoms with van der Waals surface area (Å²) in [6, 6.07) is 8.76. The van der Waals surface area contributed by atoms with Crippen LogP contribution in [0.2, 0.25) is 5.02 Å². The number of fused-ring (bicyclic) bond motifs is 1. The maximum absolute atomic E-state index is 13.2. The normalized spacial score (nSPS) is 13.3. The van der Waals surface area contributed by atoms with Crippen LogP contribution in [0, 0.1) is 0 Å². The first kappa shape index (κ1) is 25.4. The minimum absolute atomic E-state index is 0.0220. The number of hydrogen-bond donors (Lipinski definition) is 0. The van der Waals surface area contributed by atoms with Gasteiger partial charge in [0.05, 0.1) is 33.7 Å². The van der Waals surface area contributed by atoms with Crippen LogP contribution in [0.3, 0.4) is 0 Å². The summed E-state index contributed by atoms with van der Waals surface area (Å²) < 4.78 is 12.9. The van der Waals surface area contributed by atoms with Crippen molar-refractivity contribution in [3.63, 3.8) is 0 Å². The van der Waals surface area contributed by atoms with Crippen molar-refractivity contribution in [2.45, 2.75) is 39.2 Å². The Labute approximate surface area is 213 Å². The number of methoxy groups -OCH3 is 1. The lowest BCUT2D eigenvalue weighted by Gasteiger charge is -2.16. The van der Waals surface area contributed by atoms with Gasteiger partial charge < -0.3 is 9.47 Å². The van der Waals surface area contributed by atoms with E-state index in [-0.39, 0.29) is 16.5 Å². The van der Waals surface area contributed by atoms with Crippen LogP contribution in [-0.2, 0) is 9.53 Å². The molecule has 0 spiro atoms. The zero-order valence-electron chi connectivity index (χ0n) is 18.4. The number of carbonyl (C=O) groups excluding carboxylic acids is 1. The molecule has 0 unspecified atom stereocenters. The molecule has 0 amide bonds. The summed E-state index contributed by atoms with van der Waals surface area (Å²) in [4.78, 5) is 29.6. The molecule has 1 heterocycles. The zero-order valence-corrected chi connectivity index (χ0v) is 22.4. The number of benzene rings is 2. The summed E-state index contributed by atoms with van der Waals surface area (Å²) in [6.07, 6.45) is 1.50. The van der Waals surface area contributed by atoms with E-state index in [1.807, 2.05) is 26.0 Å². The Bertz CT molecular complexity index is 1270. The molecule has 10 heteroatoms. The van der Waals surface area contributed by atoms with Crippen molar-refractivity contribution in [3.8, 4) is 5.75 Å². The van der Waals surface area contributed by atoms with Gasteiger partial charge in [-0.05, 0) is 65.2 Å². The highest BCUT2D eigenvalue weighted by Crippen LogP contribution is 2.35. The van der Waals surface area contributed by atoms with Gasteiger partial charge in [0.2, 0.25) is 0 Å². The molecule has 0 aliphatic carbocycles. The van der Waals surface area contributed by atoms with Crippen LogP contribution in [0.1, 0.15) is 44.5 Å². The third-order valence-electron chi connectivity index (χ3n) is 5.06. The van der Waals surface area contributed by atoms with E-state index in [0.29, 0.717) is 32.5 Å². The number of aromatic nitrogens is 2. The van der Waals surface area contributed by atoms with E-state index in [1.165, 1.54) is 18.0 Å². The topological polar surface area (TPSA) is 82.8 Å². The predicted molar refractivity (Wildman–Crippen MR) is 137 cm³/mol. The van der Waals surface area contributed by atoms with E-state index in [1.54, 1.807) is 25.1 Å². The Morgan fingerprint density at radius 3 is 2.64 bits per heavy atom. The molecule has 0 aliphatic rings. The second kappa shape index (κ2) is 10.8. The molecule has 0 fully saturated rings. The first-order valence-electron chi connectivity index (χ1n) is 10.2. The second-order valence-electron chi connectivity index (χ2n) is 7.40. The zero-order chi connectivity index (χ0) is 24.3. The van der Waals surface area contributed by atoms with Gasteiger partial charge >= 0.3 is 5.97 Å². The number of nitrogens with zero attached hydrogens (tertiary/aromatic N) is 3. The molecule has 174 valence electrons. The fourth-order valence-corrected chi connectivity index (χ4v) is 4.38. The van der Waals surface area contributed by atoms with Crippen LogP contribution < -0.4 is 10.3 Å². The van der Waals surface area contributed by atoms with Crippen molar-refractivity contribution in [3.05, 3.63) is 66.0 Å². The van der Waals surface area contributed by atoms with Gasteiger partial charge in [-0.1, -0.05) is 41.4 Å². The minimum Gasteiger partial charge on any atom is -0.476 e. The monoisotopic (exact) mass is 597 g/mol. The lowest BCUT2D eigenvalue weighted by atomic mass is 10.1. The lowest BCUT2D eigenvalue weighted by Crippen LogP contribution is -2.25. The second-order valence-corrected chi connectivity index (χ2v) is 9.58. The Morgan fingerprint density at radius 2 is 2.00 bits per heavy atom. The average molecular weight is 600 g/mol. The van der Waals surface area contributed by atoms with Crippen LogP contribution >= 0.6 is 43.5 Å². The molecule has 0 N–H and O–H groups in total. The fraction of sp³-hybridized carbons (Fsp3) is 0.304. The molecule has 0 bridgehead atoms. The molecule has 33 heavy (non-hydrogen) atoms. The molecular weight excluding hydrogens is 578 g/mol. The number of halogens is 3. The molecule has 1 aromatic heterocycles. The van der Waals surface area contributed by atoms with Crippen LogP contribution in [0.5, 0.6) is 5.75 Å². The highest BCUT2D eigenvalue weighted by Gasteiger charge is 2.19. The van der Waals surface area contributed by atoms with Crippen LogP contribution in [0.4, 0.5) is 0 Å². The summed E-state index contributed by atoms with van der Waals surface area (Å²) in [5, 5.41) is 5.19. The van der Waals surface area contributed by atoms with E-state index >= 15 is 0 Å². The summed E-state index contributed by atoms with van der Waals surface area (Å²) in [5.41, 5.74) is 0.989. The van der Waals surface area contributed by atoms with Gasteiger partial charge in [-0.15, -0.1) is 0 Å². The van der Waals surface area contributed by atoms with Crippen molar-refractivity contribution in [2.24, 2.45) is 5.10 Å². The van der Waals surface area contributed by atoms with Gasteiger partial charge in [0.25, 0.3) is 5.56 Å². The summed E-state index contributed by atoms with van der Waals surface area (Å²) >= 11 is 13.2. The third-order valence-corrected chi connectivity index (χ3v) is 6.42. The van der Waals surface area contributed by atoms with Crippen molar-refractivity contribution in [1.82, 2.24) is 9.66 Å². The summed E-state index contributed by atoms with van der Waals surface area (Å²) in [7, 11) is 1.29. The summed E-state index contributed by atoms with van der Waals surface area (Å²) in [6.45, 7) is 5.60. The Balaban J connectivity index is 2.04. The largest absolute Gasteiger partial charge is 0.476 e.